The van der Waals surface area contributed by atoms with E-state index in [1.165, 1.54) is 16.7 Å². The summed E-state index contributed by atoms with van der Waals surface area (Å²) in [4.78, 5) is 16.7. The number of nitrogens with one attached hydrogen (secondary N) is 1. The predicted octanol–water partition coefficient (Wildman–Crippen LogP) is 5.44. The Morgan fingerprint density at radius 3 is 2.72 bits per heavy atom. The van der Waals surface area contributed by atoms with Gasteiger partial charge in [-0.1, -0.05) is 47.5 Å². The molecule has 1 N–H and O–H groups in total. The maximum absolute atomic E-state index is 12.4. The van der Waals surface area contributed by atoms with Crippen molar-refractivity contribution in [3.05, 3.63) is 68.7 Å². The molecule has 1 fully saturated rings. The van der Waals surface area contributed by atoms with Crippen LogP contribution in [0, 0.1) is 0 Å². The molecule has 2 unspecified atom stereocenters. The molecular formula is C23H27Cl2N3O. The number of urea groups is 1. The van der Waals surface area contributed by atoms with Gasteiger partial charge in [-0.05, 0) is 60.7 Å². The van der Waals surface area contributed by atoms with Crippen molar-refractivity contribution in [2.45, 2.75) is 37.8 Å². The largest absolute Gasteiger partial charge is 0.341 e. The molecule has 0 radical (unpaired) electrons. The molecule has 2 amide bonds. The molecule has 2 aliphatic rings. The smallest absolute Gasteiger partial charge is 0.317 e. The number of carbonyl (C=O) groups excluding carboxylic acids is 1. The first-order valence-corrected chi connectivity index (χ1v) is 11.0. The normalized spacial score (nSPS) is 22.3. The SMILES string of the molecule is CNC(=O)N1CCCCC1c1cccc(C2CN(C)Cc3c(Cl)cc(Cl)cc32)c1. The summed E-state index contributed by atoms with van der Waals surface area (Å²) >= 11 is 12.9. The molecule has 1 saturated heterocycles. The van der Waals surface area contributed by atoms with Crippen molar-refractivity contribution in [2.75, 3.05) is 27.2 Å². The standard InChI is InChI=1S/C23H27Cl2N3O/c1-26-23(29)28-9-4-3-8-22(28)16-7-5-6-15(10-16)19-13-27(2)14-20-18(19)11-17(24)12-21(20)25/h5-7,10-12,19,22H,3-4,8-9,13-14H2,1-2H3,(H,26,29). The third-order valence-corrected chi connectivity index (χ3v) is 6.72. The first-order valence-electron chi connectivity index (χ1n) is 10.2. The lowest BCUT2D eigenvalue weighted by molar-refractivity contribution is 0.153. The fourth-order valence-corrected chi connectivity index (χ4v) is 5.35. The molecule has 0 bridgehead atoms. The molecule has 2 aromatic carbocycles. The van der Waals surface area contributed by atoms with Gasteiger partial charge in [-0.25, -0.2) is 4.79 Å². The van der Waals surface area contributed by atoms with Crippen LogP contribution in [0.5, 0.6) is 0 Å². The third-order valence-electron chi connectivity index (χ3n) is 6.17. The zero-order chi connectivity index (χ0) is 20.5. The highest BCUT2D eigenvalue weighted by atomic mass is 35.5. The number of fused-ring (bicyclic) bond motifs is 1. The van der Waals surface area contributed by atoms with E-state index in [2.05, 4.69) is 47.6 Å². The maximum Gasteiger partial charge on any atom is 0.317 e. The van der Waals surface area contributed by atoms with Crippen molar-refractivity contribution in [3.8, 4) is 0 Å². The van der Waals surface area contributed by atoms with Gasteiger partial charge in [0.1, 0.15) is 0 Å². The second kappa shape index (κ2) is 8.55. The zero-order valence-corrected chi connectivity index (χ0v) is 18.4. The summed E-state index contributed by atoms with van der Waals surface area (Å²) in [7, 11) is 3.83. The van der Waals surface area contributed by atoms with E-state index in [0.29, 0.717) is 5.02 Å². The Kier molecular flexibility index (Phi) is 6.05. The van der Waals surface area contributed by atoms with Crippen molar-refractivity contribution in [2.24, 2.45) is 0 Å². The van der Waals surface area contributed by atoms with Gasteiger partial charge in [0, 0.05) is 42.6 Å². The lowest BCUT2D eigenvalue weighted by Gasteiger charge is -2.37. The van der Waals surface area contributed by atoms with Crippen LogP contribution < -0.4 is 5.32 Å². The van der Waals surface area contributed by atoms with Gasteiger partial charge in [-0.3, -0.25) is 0 Å². The maximum atomic E-state index is 12.4. The van der Waals surface area contributed by atoms with Crippen LogP contribution in [0.25, 0.3) is 0 Å². The third kappa shape index (κ3) is 4.11. The summed E-state index contributed by atoms with van der Waals surface area (Å²) in [6, 6.07) is 12.7. The Hall–Kier alpha value is -1.75. The highest BCUT2D eigenvalue weighted by Crippen LogP contribution is 2.40. The van der Waals surface area contributed by atoms with Gasteiger partial charge in [0.2, 0.25) is 0 Å². The number of amides is 2. The number of likely N-dealkylation sites (N-methyl/N-ethyl adjacent to an activating group) is 1. The molecule has 29 heavy (non-hydrogen) atoms. The average molecular weight is 432 g/mol. The minimum absolute atomic E-state index is 0.00131. The van der Waals surface area contributed by atoms with Gasteiger partial charge < -0.3 is 15.1 Å². The van der Waals surface area contributed by atoms with E-state index in [-0.39, 0.29) is 18.0 Å². The van der Waals surface area contributed by atoms with E-state index in [9.17, 15) is 4.79 Å². The molecular weight excluding hydrogens is 405 g/mol. The van der Waals surface area contributed by atoms with Crippen LogP contribution in [0.2, 0.25) is 10.0 Å². The van der Waals surface area contributed by atoms with Crippen LogP contribution in [0.15, 0.2) is 36.4 Å². The average Bonchev–Trinajstić information content (AvgIpc) is 2.73. The van der Waals surface area contributed by atoms with E-state index in [4.69, 9.17) is 23.2 Å². The van der Waals surface area contributed by atoms with Crippen molar-refractivity contribution in [3.63, 3.8) is 0 Å². The molecule has 154 valence electrons. The highest BCUT2D eigenvalue weighted by Gasteiger charge is 2.30. The van der Waals surface area contributed by atoms with Crippen molar-refractivity contribution < 1.29 is 4.79 Å². The molecule has 2 aliphatic heterocycles. The summed E-state index contributed by atoms with van der Waals surface area (Å²) in [5.74, 6) is 0.206. The monoisotopic (exact) mass is 431 g/mol. The fourth-order valence-electron chi connectivity index (χ4n) is 4.78. The van der Waals surface area contributed by atoms with Gasteiger partial charge in [0.15, 0.2) is 0 Å². The number of carbonyl (C=O) groups is 1. The first-order chi connectivity index (χ1) is 14.0. The van der Waals surface area contributed by atoms with Crippen LogP contribution >= 0.6 is 23.2 Å². The van der Waals surface area contributed by atoms with Gasteiger partial charge in [-0.2, -0.15) is 0 Å². The number of hydrogen-bond acceptors (Lipinski definition) is 2. The zero-order valence-electron chi connectivity index (χ0n) is 16.9. The van der Waals surface area contributed by atoms with E-state index < -0.39 is 0 Å². The first kappa shape index (κ1) is 20.5. The van der Waals surface area contributed by atoms with Gasteiger partial charge in [0.05, 0.1) is 6.04 Å². The van der Waals surface area contributed by atoms with Crippen LogP contribution in [-0.2, 0) is 6.54 Å². The Morgan fingerprint density at radius 2 is 1.93 bits per heavy atom. The molecule has 4 nitrogen and oxygen atoms in total. The Labute approximate surface area is 182 Å². The molecule has 2 atom stereocenters. The molecule has 2 aromatic rings. The van der Waals surface area contributed by atoms with Crippen LogP contribution in [0.4, 0.5) is 4.79 Å². The molecule has 2 heterocycles. The number of benzene rings is 2. The minimum atomic E-state index is 0.00131. The van der Waals surface area contributed by atoms with E-state index in [1.807, 2.05) is 11.0 Å². The van der Waals surface area contributed by atoms with Gasteiger partial charge >= 0.3 is 6.03 Å². The van der Waals surface area contributed by atoms with E-state index in [1.54, 1.807) is 7.05 Å². The Bertz CT molecular complexity index is 917. The van der Waals surface area contributed by atoms with Gasteiger partial charge in [0.25, 0.3) is 0 Å². The van der Waals surface area contributed by atoms with E-state index in [0.717, 1.165) is 49.5 Å². The number of rotatable bonds is 2. The molecule has 0 aromatic heterocycles. The van der Waals surface area contributed by atoms with Crippen molar-refractivity contribution >= 4 is 29.2 Å². The molecule has 6 heteroatoms. The van der Waals surface area contributed by atoms with Crippen molar-refractivity contribution in [1.29, 1.82) is 0 Å². The molecule has 0 aliphatic carbocycles. The van der Waals surface area contributed by atoms with Crippen LogP contribution in [0.3, 0.4) is 0 Å². The fraction of sp³-hybridized carbons (Fsp3) is 0.435. The Morgan fingerprint density at radius 1 is 1.14 bits per heavy atom. The summed E-state index contributed by atoms with van der Waals surface area (Å²) in [5.41, 5.74) is 4.82. The summed E-state index contributed by atoms with van der Waals surface area (Å²) in [6.45, 7) is 2.54. The topological polar surface area (TPSA) is 35.6 Å². The number of hydrogen-bond donors (Lipinski definition) is 1. The van der Waals surface area contributed by atoms with Gasteiger partial charge in [-0.15, -0.1) is 0 Å². The molecule has 4 rings (SSSR count). The highest BCUT2D eigenvalue weighted by molar-refractivity contribution is 6.35. The summed E-state index contributed by atoms with van der Waals surface area (Å²) in [6.07, 6.45) is 3.19. The second-order valence-electron chi connectivity index (χ2n) is 8.13. The molecule has 0 saturated carbocycles. The Balaban J connectivity index is 1.72. The quantitative estimate of drug-likeness (QED) is 0.686. The second-order valence-corrected chi connectivity index (χ2v) is 8.98. The number of piperidine rings is 1. The lowest BCUT2D eigenvalue weighted by Crippen LogP contribution is -2.43. The van der Waals surface area contributed by atoms with Crippen LogP contribution in [-0.4, -0.2) is 43.0 Å². The number of likely N-dealkylation sites (tertiary alicyclic amines) is 1. The number of halogens is 2. The van der Waals surface area contributed by atoms with Crippen molar-refractivity contribution in [1.82, 2.24) is 15.1 Å². The minimum Gasteiger partial charge on any atom is -0.341 e. The number of nitrogens with zero attached hydrogens (tertiary/aromatic N) is 2. The lowest BCUT2D eigenvalue weighted by atomic mass is 9.83. The predicted molar refractivity (Wildman–Crippen MR) is 119 cm³/mol. The van der Waals surface area contributed by atoms with E-state index >= 15 is 0 Å². The molecule has 0 spiro atoms. The summed E-state index contributed by atoms with van der Waals surface area (Å²) in [5, 5.41) is 4.21. The van der Waals surface area contributed by atoms with Crippen LogP contribution in [0.1, 0.15) is 53.5 Å². The summed E-state index contributed by atoms with van der Waals surface area (Å²) < 4.78 is 0.